The largest absolute Gasteiger partial charge is 0.335 e. The van der Waals surface area contributed by atoms with E-state index in [-0.39, 0.29) is 11.7 Å². The van der Waals surface area contributed by atoms with Crippen LogP contribution in [0.2, 0.25) is 0 Å². The van der Waals surface area contributed by atoms with Gasteiger partial charge in [0.1, 0.15) is 5.82 Å². The number of amides is 1. The molecule has 3 aromatic heterocycles. The standard InChI is InChI=1S/C23H16FN5O2S2/c1-13-19-17(11-18(25-21(19)31-29-13)15-5-3-2-4-6-15)20(30)26-22-27-28-23(33-22)32-12-14-7-9-16(24)10-8-14/h2-11H,12H2,1H3,(H,26,27,30). The van der Waals surface area contributed by atoms with Crippen molar-refractivity contribution in [3.05, 3.63) is 83.3 Å². The second-order valence-corrected chi connectivity index (χ2v) is 9.31. The highest BCUT2D eigenvalue weighted by atomic mass is 32.2. The van der Waals surface area contributed by atoms with Crippen LogP contribution in [-0.2, 0) is 5.75 Å². The van der Waals surface area contributed by atoms with Gasteiger partial charge in [0, 0.05) is 11.3 Å². The maximum atomic E-state index is 13.2. The highest BCUT2D eigenvalue weighted by molar-refractivity contribution is 8.00. The lowest BCUT2D eigenvalue weighted by atomic mass is 10.1. The van der Waals surface area contributed by atoms with Crippen molar-refractivity contribution in [1.29, 1.82) is 0 Å². The Labute approximate surface area is 196 Å². The summed E-state index contributed by atoms with van der Waals surface area (Å²) >= 11 is 2.74. The van der Waals surface area contributed by atoms with Gasteiger partial charge in [-0.2, -0.15) is 0 Å². The predicted octanol–water partition coefficient (Wildman–Crippen LogP) is 5.73. The topological polar surface area (TPSA) is 93.8 Å². The number of hydrogen-bond acceptors (Lipinski definition) is 8. The van der Waals surface area contributed by atoms with Crippen LogP contribution in [-0.4, -0.2) is 26.2 Å². The second kappa shape index (κ2) is 9.08. The number of carbonyl (C=O) groups is 1. The Kier molecular flexibility index (Phi) is 5.84. The van der Waals surface area contributed by atoms with Gasteiger partial charge in [-0.15, -0.1) is 10.2 Å². The third-order valence-corrected chi connectivity index (χ3v) is 6.88. The van der Waals surface area contributed by atoms with Gasteiger partial charge < -0.3 is 4.52 Å². The number of hydrogen-bond donors (Lipinski definition) is 1. The van der Waals surface area contributed by atoms with Crippen molar-refractivity contribution >= 4 is 45.2 Å². The molecule has 0 bridgehead atoms. The molecule has 0 radical (unpaired) electrons. The Balaban J connectivity index is 1.37. The molecule has 164 valence electrons. The van der Waals surface area contributed by atoms with E-state index < -0.39 is 0 Å². The van der Waals surface area contributed by atoms with E-state index in [0.717, 1.165) is 11.1 Å². The predicted molar refractivity (Wildman–Crippen MR) is 126 cm³/mol. The fourth-order valence-corrected chi connectivity index (χ4v) is 4.94. The number of anilines is 1. The zero-order valence-corrected chi connectivity index (χ0v) is 18.9. The summed E-state index contributed by atoms with van der Waals surface area (Å²) in [5.74, 6) is -0.000723. The van der Waals surface area contributed by atoms with E-state index in [2.05, 4.69) is 25.7 Å². The normalized spacial score (nSPS) is 11.1. The van der Waals surface area contributed by atoms with E-state index >= 15 is 0 Å². The smallest absolute Gasteiger partial charge is 0.259 e. The number of fused-ring (bicyclic) bond motifs is 1. The summed E-state index contributed by atoms with van der Waals surface area (Å²) in [6.07, 6.45) is 0. The van der Waals surface area contributed by atoms with Gasteiger partial charge in [0.2, 0.25) is 5.13 Å². The highest BCUT2D eigenvalue weighted by Crippen LogP contribution is 2.30. The molecule has 0 saturated carbocycles. The minimum absolute atomic E-state index is 0.270. The molecule has 0 aliphatic rings. The zero-order valence-electron chi connectivity index (χ0n) is 17.3. The van der Waals surface area contributed by atoms with E-state index in [0.29, 0.717) is 43.3 Å². The van der Waals surface area contributed by atoms with Gasteiger partial charge in [-0.05, 0) is 30.7 Å². The first kappa shape index (κ1) is 21.2. The maximum absolute atomic E-state index is 13.2. The van der Waals surface area contributed by atoms with E-state index in [4.69, 9.17) is 4.52 Å². The molecule has 0 saturated heterocycles. The summed E-state index contributed by atoms with van der Waals surface area (Å²) in [5, 5.41) is 15.9. The lowest BCUT2D eigenvalue weighted by molar-refractivity contribution is 0.102. The van der Waals surface area contributed by atoms with Crippen LogP contribution in [0.25, 0.3) is 22.4 Å². The molecule has 2 aromatic carbocycles. The fourth-order valence-electron chi connectivity index (χ4n) is 3.24. The van der Waals surface area contributed by atoms with Crippen LogP contribution in [0.3, 0.4) is 0 Å². The highest BCUT2D eigenvalue weighted by Gasteiger charge is 2.20. The molecule has 1 N–H and O–H groups in total. The van der Waals surface area contributed by atoms with Gasteiger partial charge in [0.25, 0.3) is 11.6 Å². The molecule has 33 heavy (non-hydrogen) atoms. The number of pyridine rings is 1. The van der Waals surface area contributed by atoms with Crippen molar-refractivity contribution in [1.82, 2.24) is 20.3 Å². The number of nitrogens with zero attached hydrogens (tertiary/aromatic N) is 4. The van der Waals surface area contributed by atoms with Gasteiger partial charge in [-0.25, -0.2) is 9.37 Å². The Hall–Kier alpha value is -3.63. The SMILES string of the molecule is Cc1noc2nc(-c3ccccc3)cc(C(=O)Nc3nnc(SCc4ccc(F)cc4)s3)c12. The van der Waals surface area contributed by atoms with E-state index in [1.165, 1.54) is 35.2 Å². The van der Waals surface area contributed by atoms with Gasteiger partial charge in [0.05, 0.1) is 22.3 Å². The quantitative estimate of drug-likeness (QED) is 0.246. The van der Waals surface area contributed by atoms with Crippen LogP contribution >= 0.6 is 23.1 Å². The average Bonchev–Trinajstić information content (AvgIpc) is 3.45. The van der Waals surface area contributed by atoms with Crippen LogP contribution in [0.4, 0.5) is 9.52 Å². The van der Waals surface area contributed by atoms with Gasteiger partial charge >= 0.3 is 0 Å². The molecule has 7 nitrogen and oxygen atoms in total. The Morgan fingerprint density at radius 3 is 2.70 bits per heavy atom. The van der Waals surface area contributed by atoms with Crippen molar-refractivity contribution in [2.24, 2.45) is 0 Å². The molecular weight excluding hydrogens is 461 g/mol. The molecule has 0 unspecified atom stereocenters. The molecule has 0 aliphatic carbocycles. The summed E-state index contributed by atoms with van der Waals surface area (Å²) in [6, 6.07) is 17.6. The summed E-state index contributed by atoms with van der Waals surface area (Å²) < 4.78 is 19.1. The van der Waals surface area contributed by atoms with Crippen molar-refractivity contribution in [2.75, 3.05) is 5.32 Å². The minimum atomic E-state index is -0.350. The molecule has 1 amide bonds. The average molecular weight is 478 g/mol. The van der Waals surface area contributed by atoms with E-state index in [1.807, 2.05) is 30.3 Å². The summed E-state index contributed by atoms with van der Waals surface area (Å²) in [7, 11) is 0. The molecule has 10 heteroatoms. The van der Waals surface area contributed by atoms with Crippen LogP contribution < -0.4 is 5.32 Å². The number of thioether (sulfide) groups is 1. The number of nitrogens with one attached hydrogen (secondary N) is 1. The van der Waals surface area contributed by atoms with Crippen molar-refractivity contribution < 1.29 is 13.7 Å². The first-order valence-corrected chi connectivity index (χ1v) is 11.7. The van der Waals surface area contributed by atoms with Gasteiger partial charge in [0.15, 0.2) is 4.34 Å². The van der Waals surface area contributed by atoms with Gasteiger partial charge in [-0.1, -0.05) is 70.7 Å². The summed E-state index contributed by atoms with van der Waals surface area (Å²) in [4.78, 5) is 17.7. The maximum Gasteiger partial charge on any atom is 0.259 e. The summed E-state index contributed by atoms with van der Waals surface area (Å²) in [6.45, 7) is 1.77. The second-order valence-electron chi connectivity index (χ2n) is 7.11. The van der Waals surface area contributed by atoms with Gasteiger partial charge in [-0.3, -0.25) is 10.1 Å². The first-order valence-electron chi connectivity index (χ1n) is 9.91. The van der Waals surface area contributed by atoms with Crippen LogP contribution in [0.15, 0.2) is 69.5 Å². The Morgan fingerprint density at radius 1 is 1.12 bits per heavy atom. The molecule has 3 heterocycles. The fraction of sp³-hybridized carbons (Fsp3) is 0.0870. The third kappa shape index (κ3) is 4.62. The summed E-state index contributed by atoms with van der Waals surface area (Å²) in [5.41, 5.74) is 3.71. The van der Waals surface area contributed by atoms with Crippen molar-refractivity contribution in [3.63, 3.8) is 0 Å². The Morgan fingerprint density at radius 2 is 1.91 bits per heavy atom. The number of halogens is 1. The molecule has 0 aliphatic heterocycles. The zero-order chi connectivity index (χ0) is 22.8. The molecule has 0 atom stereocenters. The van der Waals surface area contributed by atoms with E-state index in [1.54, 1.807) is 25.1 Å². The number of aryl methyl sites for hydroxylation is 1. The third-order valence-electron chi connectivity index (χ3n) is 4.83. The van der Waals surface area contributed by atoms with Crippen LogP contribution in [0.1, 0.15) is 21.6 Å². The lowest BCUT2D eigenvalue weighted by Gasteiger charge is -2.06. The number of rotatable bonds is 6. The number of aromatic nitrogens is 4. The molecule has 0 spiro atoms. The monoisotopic (exact) mass is 477 g/mol. The molecule has 5 aromatic rings. The van der Waals surface area contributed by atoms with Crippen LogP contribution in [0, 0.1) is 12.7 Å². The Bertz CT molecular complexity index is 1430. The first-order chi connectivity index (χ1) is 16.1. The molecule has 0 fully saturated rings. The van der Waals surface area contributed by atoms with E-state index in [9.17, 15) is 9.18 Å². The van der Waals surface area contributed by atoms with Crippen molar-refractivity contribution in [3.8, 4) is 11.3 Å². The van der Waals surface area contributed by atoms with Crippen LogP contribution in [0.5, 0.6) is 0 Å². The molecular formula is C23H16FN5O2S2. The number of benzene rings is 2. The van der Waals surface area contributed by atoms with Crippen molar-refractivity contribution in [2.45, 2.75) is 17.0 Å². The lowest BCUT2D eigenvalue weighted by Crippen LogP contribution is -2.13. The molecule has 5 rings (SSSR count). The number of carbonyl (C=O) groups excluding carboxylic acids is 1. The minimum Gasteiger partial charge on any atom is -0.335 e.